The monoisotopic (exact) mass is 266 g/mol. The van der Waals surface area contributed by atoms with Gasteiger partial charge in [-0.15, -0.1) is 0 Å². The Kier molecular flexibility index (Phi) is 4.86. The minimum absolute atomic E-state index is 0.231. The number of ether oxygens (including phenoxy) is 1. The van der Waals surface area contributed by atoms with Crippen molar-refractivity contribution in [3.8, 4) is 0 Å². The molecular formula is C17H30O2. The van der Waals surface area contributed by atoms with Gasteiger partial charge in [-0.1, -0.05) is 41.2 Å². The Balaban J connectivity index is 2.98. The molecule has 0 aliphatic heterocycles. The highest BCUT2D eigenvalue weighted by Crippen LogP contribution is 2.48. The van der Waals surface area contributed by atoms with E-state index in [9.17, 15) is 4.79 Å². The summed E-state index contributed by atoms with van der Waals surface area (Å²) in [5.41, 5.74) is 0.437. The highest BCUT2D eigenvalue weighted by molar-refractivity contribution is 5.87. The molecule has 0 aromatic rings. The average molecular weight is 266 g/mol. The number of hydrogen-bond acceptors (Lipinski definition) is 2. The lowest BCUT2D eigenvalue weighted by atomic mass is 9.64. The van der Waals surface area contributed by atoms with Crippen molar-refractivity contribution < 1.29 is 9.53 Å². The van der Waals surface area contributed by atoms with Crippen LogP contribution in [-0.4, -0.2) is 11.6 Å². The van der Waals surface area contributed by atoms with Gasteiger partial charge in [-0.2, -0.15) is 0 Å². The lowest BCUT2D eigenvalue weighted by molar-refractivity contribution is -0.168. The summed E-state index contributed by atoms with van der Waals surface area (Å²) < 4.78 is 5.92. The van der Waals surface area contributed by atoms with Crippen molar-refractivity contribution in [1.29, 1.82) is 0 Å². The molecule has 1 fully saturated rings. The van der Waals surface area contributed by atoms with Crippen LogP contribution >= 0.6 is 0 Å². The largest absolute Gasteiger partial charge is 0.456 e. The summed E-state index contributed by atoms with van der Waals surface area (Å²) in [4.78, 5) is 12.0. The molecule has 110 valence electrons. The van der Waals surface area contributed by atoms with E-state index in [2.05, 4.69) is 41.2 Å². The van der Waals surface area contributed by atoms with E-state index >= 15 is 0 Å². The Morgan fingerprint density at radius 1 is 1.37 bits per heavy atom. The summed E-state index contributed by atoms with van der Waals surface area (Å²) in [6.07, 6.45) is 4.09. The van der Waals surface area contributed by atoms with Crippen molar-refractivity contribution >= 4 is 5.97 Å². The Morgan fingerprint density at radius 2 is 1.95 bits per heavy atom. The van der Waals surface area contributed by atoms with Gasteiger partial charge < -0.3 is 4.74 Å². The summed E-state index contributed by atoms with van der Waals surface area (Å²) in [6, 6.07) is 0. The fourth-order valence-corrected chi connectivity index (χ4v) is 3.97. The van der Waals surface area contributed by atoms with Crippen LogP contribution in [0, 0.1) is 17.3 Å². The molecule has 0 aromatic heterocycles. The Morgan fingerprint density at radius 3 is 2.37 bits per heavy atom. The van der Waals surface area contributed by atoms with Crippen LogP contribution < -0.4 is 0 Å². The number of esters is 1. The highest BCUT2D eigenvalue weighted by atomic mass is 16.6. The van der Waals surface area contributed by atoms with E-state index in [-0.39, 0.29) is 17.0 Å². The molecule has 2 atom stereocenters. The van der Waals surface area contributed by atoms with Gasteiger partial charge in [-0.3, -0.25) is 0 Å². The zero-order valence-corrected chi connectivity index (χ0v) is 13.5. The molecule has 2 nitrogen and oxygen atoms in total. The first kappa shape index (κ1) is 16.3. The first-order valence-corrected chi connectivity index (χ1v) is 7.44. The Labute approximate surface area is 118 Å². The molecule has 0 saturated heterocycles. The van der Waals surface area contributed by atoms with Crippen LogP contribution in [0.2, 0.25) is 0 Å². The van der Waals surface area contributed by atoms with Crippen LogP contribution in [0.3, 0.4) is 0 Å². The predicted molar refractivity (Wildman–Crippen MR) is 79.9 cm³/mol. The maximum Gasteiger partial charge on any atom is 0.333 e. The molecule has 1 aliphatic carbocycles. The molecule has 2 unspecified atom stereocenters. The topological polar surface area (TPSA) is 26.3 Å². The Hall–Kier alpha value is -0.790. The molecule has 0 N–H and O–H groups in total. The minimum Gasteiger partial charge on any atom is -0.456 e. The summed E-state index contributed by atoms with van der Waals surface area (Å²) in [7, 11) is 0. The molecule has 0 radical (unpaired) electrons. The highest BCUT2D eigenvalue weighted by Gasteiger charge is 2.45. The van der Waals surface area contributed by atoms with Gasteiger partial charge in [0.05, 0.1) is 0 Å². The van der Waals surface area contributed by atoms with Gasteiger partial charge >= 0.3 is 5.97 Å². The molecule has 1 aliphatic rings. The van der Waals surface area contributed by atoms with Gasteiger partial charge in [0.15, 0.2) is 0 Å². The standard InChI is InChI=1S/C17H30O2/c1-12(2)8-17(19-15(18)13(3)4)10-14(5)9-16(6,7)11-17/h12,14H,3,8-11H2,1-2,4-7H3. The first-order chi connectivity index (χ1) is 8.55. The van der Waals surface area contributed by atoms with Crippen molar-refractivity contribution in [2.24, 2.45) is 17.3 Å². The fraction of sp³-hybridized carbons (Fsp3) is 0.824. The molecule has 0 amide bonds. The van der Waals surface area contributed by atoms with Gasteiger partial charge in [0, 0.05) is 5.57 Å². The number of carbonyl (C=O) groups is 1. The lowest BCUT2D eigenvalue weighted by Crippen LogP contribution is -2.46. The maximum absolute atomic E-state index is 12.0. The zero-order chi connectivity index (χ0) is 14.8. The zero-order valence-electron chi connectivity index (χ0n) is 13.5. The van der Waals surface area contributed by atoms with Crippen LogP contribution in [0.15, 0.2) is 12.2 Å². The third kappa shape index (κ3) is 4.67. The second-order valence-electron chi connectivity index (χ2n) is 7.81. The second kappa shape index (κ2) is 5.68. The maximum atomic E-state index is 12.0. The summed E-state index contributed by atoms with van der Waals surface area (Å²) in [5, 5.41) is 0. The number of rotatable bonds is 4. The lowest BCUT2D eigenvalue weighted by Gasteiger charge is -2.47. The summed E-state index contributed by atoms with van der Waals surface area (Å²) in [5.74, 6) is 0.894. The molecule has 19 heavy (non-hydrogen) atoms. The second-order valence-corrected chi connectivity index (χ2v) is 7.81. The van der Waals surface area contributed by atoms with Crippen LogP contribution in [-0.2, 0) is 9.53 Å². The van der Waals surface area contributed by atoms with Crippen molar-refractivity contribution in [1.82, 2.24) is 0 Å². The smallest absolute Gasteiger partial charge is 0.333 e. The molecule has 1 saturated carbocycles. The molecule has 0 aromatic carbocycles. The number of hydrogen-bond donors (Lipinski definition) is 0. The summed E-state index contributed by atoms with van der Waals surface area (Å²) in [6.45, 7) is 16.7. The van der Waals surface area contributed by atoms with E-state index in [1.165, 1.54) is 6.42 Å². The van der Waals surface area contributed by atoms with Crippen molar-refractivity contribution in [2.75, 3.05) is 0 Å². The quantitative estimate of drug-likeness (QED) is 0.543. The Bertz CT molecular complexity index is 350. The molecule has 0 spiro atoms. The van der Waals surface area contributed by atoms with Gasteiger partial charge in [0.25, 0.3) is 0 Å². The third-order valence-corrected chi connectivity index (χ3v) is 3.86. The summed E-state index contributed by atoms with van der Waals surface area (Å²) >= 11 is 0. The SMILES string of the molecule is C=C(C)C(=O)OC1(CC(C)C)CC(C)CC(C)(C)C1. The minimum atomic E-state index is -0.300. The fourth-order valence-electron chi connectivity index (χ4n) is 3.97. The normalized spacial score (nSPS) is 30.2. The first-order valence-electron chi connectivity index (χ1n) is 7.44. The van der Waals surface area contributed by atoms with Crippen molar-refractivity contribution in [2.45, 2.75) is 72.8 Å². The van der Waals surface area contributed by atoms with Gasteiger partial charge in [-0.25, -0.2) is 4.79 Å². The van der Waals surface area contributed by atoms with Gasteiger partial charge in [-0.05, 0) is 49.9 Å². The van der Waals surface area contributed by atoms with Crippen LogP contribution in [0.4, 0.5) is 0 Å². The average Bonchev–Trinajstić information content (AvgIpc) is 2.10. The van der Waals surface area contributed by atoms with E-state index in [0.29, 0.717) is 17.4 Å². The van der Waals surface area contributed by atoms with Gasteiger partial charge in [0.1, 0.15) is 5.60 Å². The molecule has 0 heterocycles. The molecular weight excluding hydrogens is 236 g/mol. The number of carbonyl (C=O) groups excluding carboxylic acids is 1. The molecule has 2 heteroatoms. The predicted octanol–water partition coefficient (Wildman–Crippen LogP) is 4.74. The van der Waals surface area contributed by atoms with Gasteiger partial charge in [0.2, 0.25) is 0 Å². The van der Waals surface area contributed by atoms with E-state index in [1.807, 2.05) is 0 Å². The van der Waals surface area contributed by atoms with E-state index in [1.54, 1.807) is 6.92 Å². The van der Waals surface area contributed by atoms with E-state index < -0.39 is 0 Å². The third-order valence-electron chi connectivity index (χ3n) is 3.86. The molecule has 1 rings (SSSR count). The van der Waals surface area contributed by atoms with Crippen molar-refractivity contribution in [3.05, 3.63) is 12.2 Å². The van der Waals surface area contributed by atoms with Crippen LogP contribution in [0.1, 0.15) is 67.2 Å². The molecule has 0 bridgehead atoms. The van der Waals surface area contributed by atoms with E-state index in [0.717, 1.165) is 19.3 Å². The van der Waals surface area contributed by atoms with Crippen LogP contribution in [0.25, 0.3) is 0 Å². The van der Waals surface area contributed by atoms with Crippen LogP contribution in [0.5, 0.6) is 0 Å². The van der Waals surface area contributed by atoms with Crippen molar-refractivity contribution in [3.63, 3.8) is 0 Å². The van der Waals surface area contributed by atoms with E-state index in [4.69, 9.17) is 4.74 Å².